The first-order valence-corrected chi connectivity index (χ1v) is 10.9. The molecule has 0 aliphatic carbocycles. The van der Waals surface area contributed by atoms with Crippen LogP contribution in [0, 0.1) is 0 Å². The largest absolute Gasteiger partial charge is 0.372 e. The average molecular weight is 428 g/mol. The number of aromatic nitrogens is 4. The second kappa shape index (κ2) is 7.58. The van der Waals surface area contributed by atoms with Crippen LogP contribution >= 0.6 is 0 Å². The molecule has 0 bridgehead atoms. The first-order chi connectivity index (χ1) is 15.7. The van der Waals surface area contributed by atoms with Gasteiger partial charge in [-0.2, -0.15) is 14.9 Å². The molecule has 8 heteroatoms. The summed E-state index contributed by atoms with van der Waals surface area (Å²) in [5.41, 5.74) is 6.91. The molecular formula is C24H24N6O2. The van der Waals surface area contributed by atoms with Crippen molar-refractivity contribution in [3.8, 4) is 16.9 Å². The number of anilines is 1. The maximum atomic E-state index is 12.8. The van der Waals surface area contributed by atoms with Gasteiger partial charge in [-0.05, 0) is 30.8 Å². The smallest absolute Gasteiger partial charge is 0.273 e. The predicted octanol–water partition coefficient (Wildman–Crippen LogP) is 2.56. The maximum absolute atomic E-state index is 12.8. The number of likely N-dealkylation sites (N-methyl/N-ethyl adjacent to an activating group) is 1. The Hall–Kier alpha value is -3.49. The van der Waals surface area contributed by atoms with Crippen molar-refractivity contribution in [1.29, 1.82) is 0 Å². The summed E-state index contributed by atoms with van der Waals surface area (Å²) in [5.74, 6) is 0. The lowest BCUT2D eigenvalue weighted by molar-refractivity contribution is 0.134. The molecule has 4 aromatic rings. The van der Waals surface area contributed by atoms with Crippen LogP contribution in [-0.4, -0.2) is 58.1 Å². The molecule has 0 amide bonds. The Morgan fingerprint density at radius 1 is 1.00 bits per heavy atom. The Bertz CT molecular complexity index is 1350. The lowest BCUT2D eigenvalue weighted by Crippen LogP contribution is -2.44. The van der Waals surface area contributed by atoms with E-state index in [4.69, 9.17) is 9.84 Å². The Kier molecular flexibility index (Phi) is 4.55. The van der Waals surface area contributed by atoms with Crippen molar-refractivity contribution in [3.63, 3.8) is 0 Å². The molecule has 32 heavy (non-hydrogen) atoms. The van der Waals surface area contributed by atoms with Crippen molar-refractivity contribution in [3.05, 3.63) is 70.0 Å². The van der Waals surface area contributed by atoms with Crippen LogP contribution in [-0.2, 0) is 18.0 Å². The van der Waals surface area contributed by atoms with Crippen LogP contribution in [0.3, 0.4) is 0 Å². The van der Waals surface area contributed by atoms with Gasteiger partial charge in [0.2, 0.25) is 0 Å². The number of aromatic amines is 1. The third-order valence-corrected chi connectivity index (χ3v) is 6.43. The zero-order chi connectivity index (χ0) is 21.7. The highest BCUT2D eigenvalue weighted by molar-refractivity contribution is 5.89. The zero-order valence-corrected chi connectivity index (χ0v) is 17.9. The van der Waals surface area contributed by atoms with Gasteiger partial charge in [0.15, 0.2) is 0 Å². The van der Waals surface area contributed by atoms with Crippen molar-refractivity contribution in [2.24, 2.45) is 0 Å². The Morgan fingerprint density at radius 3 is 2.62 bits per heavy atom. The summed E-state index contributed by atoms with van der Waals surface area (Å²) in [6.45, 7) is 5.25. The molecule has 1 fully saturated rings. The number of H-pyrrole nitrogens is 1. The Labute approximate surface area is 185 Å². The Morgan fingerprint density at radius 2 is 1.81 bits per heavy atom. The third-order valence-electron chi connectivity index (χ3n) is 6.43. The molecule has 8 nitrogen and oxygen atoms in total. The van der Waals surface area contributed by atoms with E-state index in [1.807, 2.05) is 18.2 Å². The molecule has 0 atom stereocenters. The van der Waals surface area contributed by atoms with Gasteiger partial charge in [0, 0.05) is 49.1 Å². The zero-order valence-electron chi connectivity index (χ0n) is 17.9. The second-order valence-corrected chi connectivity index (χ2v) is 8.47. The van der Waals surface area contributed by atoms with E-state index in [-0.39, 0.29) is 5.56 Å². The molecule has 0 unspecified atom stereocenters. The van der Waals surface area contributed by atoms with Gasteiger partial charge in [-0.1, -0.05) is 24.3 Å². The van der Waals surface area contributed by atoms with Crippen LogP contribution in [0.1, 0.15) is 11.1 Å². The minimum atomic E-state index is -0.196. The van der Waals surface area contributed by atoms with Gasteiger partial charge in [-0.15, -0.1) is 0 Å². The van der Waals surface area contributed by atoms with Crippen molar-refractivity contribution >= 4 is 16.7 Å². The molecule has 0 saturated carbocycles. The van der Waals surface area contributed by atoms with Gasteiger partial charge in [-0.3, -0.25) is 9.89 Å². The fourth-order valence-corrected chi connectivity index (χ4v) is 4.54. The molecule has 2 aromatic carbocycles. The number of hydrogen-bond acceptors (Lipinski definition) is 6. The number of nitrogens with one attached hydrogen (secondary N) is 1. The number of rotatable bonds is 3. The summed E-state index contributed by atoms with van der Waals surface area (Å²) in [6, 6.07) is 15.9. The molecule has 1 saturated heterocycles. The van der Waals surface area contributed by atoms with E-state index >= 15 is 0 Å². The molecule has 162 valence electrons. The quantitative estimate of drug-likeness (QED) is 0.540. The molecule has 1 N–H and O–H groups in total. The van der Waals surface area contributed by atoms with E-state index in [9.17, 15) is 4.79 Å². The lowest BCUT2D eigenvalue weighted by atomic mass is 10.1. The monoisotopic (exact) mass is 428 g/mol. The SMILES string of the molecule is CN1CCN(c2ccc(-c3n[nH]c4cc(=O)n(-c5cccc6c5COC6)nc34)cc2)CC1. The highest BCUT2D eigenvalue weighted by Crippen LogP contribution is 2.28. The standard InChI is InChI=1S/C24H24N6O2/c1-28-9-11-29(12-10-28)18-7-5-16(6-8-18)23-24-20(25-26-23)13-22(31)30(27-24)21-4-2-3-17-14-32-15-19(17)21/h2-8,13,25H,9-12,14-15H2,1H3. The van der Waals surface area contributed by atoms with Crippen molar-refractivity contribution in [2.75, 3.05) is 38.1 Å². The summed E-state index contributed by atoms with van der Waals surface area (Å²) in [5, 5.41) is 12.2. The summed E-state index contributed by atoms with van der Waals surface area (Å²) in [4.78, 5) is 17.6. The molecule has 2 aliphatic rings. The minimum Gasteiger partial charge on any atom is -0.372 e. The normalized spacial score (nSPS) is 16.6. The number of fused-ring (bicyclic) bond motifs is 2. The van der Waals surface area contributed by atoms with Crippen LogP contribution in [0.15, 0.2) is 53.3 Å². The maximum Gasteiger partial charge on any atom is 0.273 e. The topological polar surface area (TPSA) is 79.3 Å². The summed E-state index contributed by atoms with van der Waals surface area (Å²) in [7, 11) is 2.16. The first-order valence-electron chi connectivity index (χ1n) is 10.9. The van der Waals surface area contributed by atoms with Crippen molar-refractivity contribution < 1.29 is 4.74 Å². The predicted molar refractivity (Wildman–Crippen MR) is 123 cm³/mol. The third kappa shape index (κ3) is 3.19. The number of nitrogens with zero attached hydrogens (tertiary/aromatic N) is 5. The molecule has 2 aromatic heterocycles. The summed E-state index contributed by atoms with van der Waals surface area (Å²) >= 11 is 0. The molecule has 0 spiro atoms. The molecule has 2 aliphatic heterocycles. The van der Waals surface area contributed by atoms with Crippen LogP contribution in [0.25, 0.3) is 28.0 Å². The van der Waals surface area contributed by atoms with E-state index in [2.05, 4.69) is 51.3 Å². The van der Waals surface area contributed by atoms with E-state index in [1.54, 1.807) is 6.07 Å². The van der Waals surface area contributed by atoms with Gasteiger partial charge in [-0.25, -0.2) is 0 Å². The van der Waals surface area contributed by atoms with Gasteiger partial charge < -0.3 is 14.5 Å². The molecular weight excluding hydrogens is 404 g/mol. The fourth-order valence-electron chi connectivity index (χ4n) is 4.54. The summed E-state index contributed by atoms with van der Waals surface area (Å²) < 4.78 is 7.05. The first kappa shape index (κ1) is 19.2. The highest BCUT2D eigenvalue weighted by atomic mass is 16.5. The number of hydrogen-bond donors (Lipinski definition) is 1. The van der Waals surface area contributed by atoms with Crippen molar-refractivity contribution in [2.45, 2.75) is 13.2 Å². The van der Waals surface area contributed by atoms with Crippen LogP contribution in [0.4, 0.5) is 5.69 Å². The number of ether oxygens (including phenoxy) is 1. The van der Waals surface area contributed by atoms with Gasteiger partial charge >= 0.3 is 0 Å². The average Bonchev–Trinajstić information content (AvgIpc) is 3.46. The number of piperazine rings is 1. The highest BCUT2D eigenvalue weighted by Gasteiger charge is 2.20. The second-order valence-electron chi connectivity index (χ2n) is 8.47. The molecule has 0 radical (unpaired) electrons. The van der Waals surface area contributed by atoms with Crippen LogP contribution in [0.5, 0.6) is 0 Å². The van der Waals surface area contributed by atoms with Gasteiger partial charge in [0.05, 0.1) is 24.4 Å². The van der Waals surface area contributed by atoms with E-state index in [1.165, 1.54) is 10.4 Å². The minimum absolute atomic E-state index is 0.196. The fraction of sp³-hybridized carbons (Fsp3) is 0.292. The van der Waals surface area contributed by atoms with Crippen LogP contribution in [0.2, 0.25) is 0 Å². The van der Waals surface area contributed by atoms with Gasteiger partial charge in [0.25, 0.3) is 5.56 Å². The van der Waals surface area contributed by atoms with E-state index in [0.717, 1.165) is 54.3 Å². The number of benzene rings is 2. The summed E-state index contributed by atoms with van der Waals surface area (Å²) in [6.07, 6.45) is 0. The molecule has 4 heterocycles. The molecule has 6 rings (SSSR count). The van der Waals surface area contributed by atoms with E-state index < -0.39 is 0 Å². The van der Waals surface area contributed by atoms with Gasteiger partial charge in [0.1, 0.15) is 11.2 Å². The van der Waals surface area contributed by atoms with Crippen molar-refractivity contribution in [1.82, 2.24) is 24.9 Å². The van der Waals surface area contributed by atoms with E-state index in [0.29, 0.717) is 24.2 Å². The Balaban J connectivity index is 1.39. The van der Waals surface area contributed by atoms with Crippen LogP contribution < -0.4 is 10.5 Å². The lowest BCUT2D eigenvalue weighted by Gasteiger charge is -2.34.